The van der Waals surface area contributed by atoms with E-state index in [1.54, 1.807) is 0 Å². The second kappa shape index (κ2) is 3.42. The van der Waals surface area contributed by atoms with Crippen molar-refractivity contribution in [3.63, 3.8) is 0 Å². The molecule has 0 N–H and O–H groups in total. The van der Waals surface area contributed by atoms with Crippen LogP contribution < -0.4 is 0 Å². The van der Waals surface area contributed by atoms with Gasteiger partial charge in [-0.2, -0.15) is 8.78 Å². The largest absolute Gasteiger partial charge is 0.435 e. The number of alkyl halides is 2. The van der Waals surface area contributed by atoms with Gasteiger partial charge in [0, 0.05) is 5.56 Å². The van der Waals surface area contributed by atoms with Gasteiger partial charge in [-0.3, -0.25) is 4.79 Å². The smallest absolute Gasteiger partial charge is 0.313 e. The Morgan fingerprint density at radius 1 is 1.47 bits per heavy atom. The highest BCUT2D eigenvalue weighted by molar-refractivity contribution is 5.96. The topological polar surface area (TPSA) is 43.1 Å². The van der Waals surface area contributed by atoms with E-state index in [4.69, 9.17) is 4.42 Å². The number of Topliss-reactive ketones (excluding diaryl/α,β-unsaturated/α-hetero) is 1. The molecule has 0 aliphatic heterocycles. The molecule has 15 heavy (non-hydrogen) atoms. The number of ketones is 1. The summed E-state index contributed by atoms with van der Waals surface area (Å²) in [6.07, 6.45) is -2.74. The van der Waals surface area contributed by atoms with Crippen LogP contribution in [0.5, 0.6) is 0 Å². The molecular weight excluding hydrogens is 204 g/mol. The lowest BCUT2D eigenvalue weighted by molar-refractivity contribution is 0.101. The molecule has 0 amide bonds. The normalized spacial score (nSPS) is 11.2. The Balaban J connectivity index is 2.57. The summed E-state index contributed by atoms with van der Waals surface area (Å²) in [7, 11) is 0. The number of rotatable bonds is 2. The van der Waals surface area contributed by atoms with Crippen LogP contribution in [0.1, 0.15) is 29.6 Å². The second-order valence-corrected chi connectivity index (χ2v) is 3.09. The summed E-state index contributed by atoms with van der Waals surface area (Å²) in [4.78, 5) is 14.6. The van der Waals surface area contributed by atoms with Crippen molar-refractivity contribution in [1.82, 2.24) is 4.98 Å². The lowest BCUT2D eigenvalue weighted by Gasteiger charge is -1.92. The summed E-state index contributed by atoms with van der Waals surface area (Å²) in [6.45, 7) is 1.40. The van der Waals surface area contributed by atoms with Crippen molar-refractivity contribution in [1.29, 1.82) is 0 Å². The van der Waals surface area contributed by atoms with E-state index in [1.165, 1.54) is 25.1 Å². The van der Waals surface area contributed by atoms with Gasteiger partial charge in [0.05, 0.1) is 0 Å². The number of nitrogens with zero attached hydrogens (tertiary/aromatic N) is 1. The van der Waals surface area contributed by atoms with Gasteiger partial charge in [0.1, 0.15) is 5.52 Å². The zero-order valence-corrected chi connectivity index (χ0v) is 7.83. The maximum Gasteiger partial charge on any atom is 0.313 e. The minimum atomic E-state index is -2.74. The molecule has 1 aromatic carbocycles. The first-order chi connectivity index (χ1) is 7.08. The summed E-state index contributed by atoms with van der Waals surface area (Å²) in [5, 5.41) is 0. The maximum atomic E-state index is 12.2. The molecule has 1 heterocycles. The quantitative estimate of drug-likeness (QED) is 0.717. The fourth-order valence-electron chi connectivity index (χ4n) is 1.26. The molecular formula is C10H7F2NO2. The van der Waals surface area contributed by atoms with Gasteiger partial charge in [-0.15, -0.1) is 0 Å². The number of carbonyl (C=O) groups is 1. The Morgan fingerprint density at radius 3 is 2.80 bits per heavy atom. The fraction of sp³-hybridized carbons (Fsp3) is 0.200. The molecule has 2 rings (SSSR count). The predicted molar refractivity (Wildman–Crippen MR) is 49.0 cm³/mol. The van der Waals surface area contributed by atoms with E-state index in [2.05, 4.69) is 4.98 Å². The first kappa shape index (κ1) is 9.76. The molecule has 0 unspecified atom stereocenters. The first-order valence-corrected chi connectivity index (χ1v) is 4.27. The highest BCUT2D eigenvalue weighted by Crippen LogP contribution is 2.24. The number of halogens is 2. The van der Waals surface area contributed by atoms with E-state index in [0.29, 0.717) is 5.56 Å². The van der Waals surface area contributed by atoms with Crippen molar-refractivity contribution in [2.45, 2.75) is 13.3 Å². The molecule has 0 radical (unpaired) electrons. The third kappa shape index (κ3) is 1.72. The SMILES string of the molecule is CC(=O)c1ccc2oc(C(F)F)nc2c1. The molecule has 0 aliphatic carbocycles. The van der Waals surface area contributed by atoms with E-state index >= 15 is 0 Å². The van der Waals surface area contributed by atoms with Crippen LogP contribution in [-0.4, -0.2) is 10.8 Å². The van der Waals surface area contributed by atoms with Crippen molar-refractivity contribution < 1.29 is 18.0 Å². The number of fused-ring (bicyclic) bond motifs is 1. The average Bonchev–Trinajstić information content (AvgIpc) is 2.59. The Morgan fingerprint density at radius 2 is 2.20 bits per heavy atom. The Hall–Kier alpha value is -1.78. The zero-order valence-electron chi connectivity index (χ0n) is 7.83. The van der Waals surface area contributed by atoms with Crippen molar-refractivity contribution in [2.24, 2.45) is 0 Å². The summed E-state index contributed by atoms with van der Waals surface area (Å²) in [5.41, 5.74) is 0.963. The van der Waals surface area contributed by atoms with Crippen molar-refractivity contribution in [3.05, 3.63) is 29.7 Å². The van der Waals surface area contributed by atoms with Gasteiger partial charge < -0.3 is 4.42 Å². The van der Waals surface area contributed by atoms with Crippen LogP contribution >= 0.6 is 0 Å². The average molecular weight is 211 g/mol. The van der Waals surface area contributed by atoms with Crippen molar-refractivity contribution in [2.75, 3.05) is 0 Å². The van der Waals surface area contributed by atoms with Crippen LogP contribution in [0.4, 0.5) is 8.78 Å². The summed E-state index contributed by atoms with van der Waals surface area (Å²) in [6, 6.07) is 4.42. The lowest BCUT2D eigenvalue weighted by atomic mass is 10.1. The maximum absolute atomic E-state index is 12.2. The molecule has 0 aliphatic rings. The molecule has 1 aromatic heterocycles. The lowest BCUT2D eigenvalue weighted by Crippen LogP contribution is -1.90. The summed E-state index contributed by atoms with van der Waals surface area (Å²) < 4.78 is 29.3. The number of oxazole rings is 1. The van der Waals surface area contributed by atoms with Gasteiger partial charge in [0.2, 0.25) is 0 Å². The van der Waals surface area contributed by atoms with Gasteiger partial charge in [-0.25, -0.2) is 4.98 Å². The van der Waals surface area contributed by atoms with Gasteiger partial charge in [-0.1, -0.05) is 0 Å². The van der Waals surface area contributed by atoms with Crippen LogP contribution in [0.15, 0.2) is 22.6 Å². The van der Waals surface area contributed by atoms with Crippen LogP contribution in [0.2, 0.25) is 0 Å². The molecule has 5 heteroatoms. The van der Waals surface area contributed by atoms with Gasteiger partial charge in [0.15, 0.2) is 11.4 Å². The molecule has 0 saturated carbocycles. The standard InChI is InChI=1S/C10H7F2NO2/c1-5(14)6-2-3-8-7(4-6)13-10(15-8)9(11)12/h2-4,9H,1H3. The molecule has 78 valence electrons. The highest BCUT2D eigenvalue weighted by Gasteiger charge is 2.15. The third-order valence-corrected chi connectivity index (χ3v) is 2.00. The molecule has 0 bridgehead atoms. The Bertz CT molecular complexity index is 519. The Kier molecular flexibility index (Phi) is 2.22. The van der Waals surface area contributed by atoms with E-state index in [0.717, 1.165) is 0 Å². The number of hydrogen-bond acceptors (Lipinski definition) is 3. The highest BCUT2D eigenvalue weighted by atomic mass is 19.3. The molecule has 2 aromatic rings. The first-order valence-electron chi connectivity index (χ1n) is 4.27. The second-order valence-electron chi connectivity index (χ2n) is 3.09. The minimum absolute atomic E-state index is 0.140. The van der Waals surface area contributed by atoms with Crippen LogP contribution in [0.25, 0.3) is 11.1 Å². The molecule has 3 nitrogen and oxygen atoms in total. The van der Waals surface area contributed by atoms with Gasteiger partial charge in [0.25, 0.3) is 5.89 Å². The van der Waals surface area contributed by atoms with Crippen molar-refractivity contribution in [3.8, 4) is 0 Å². The number of carbonyl (C=O) groups excluding carboxylic acids is 1. The van der Waals surface area contributed by atoms with Crippen LogP contribution in [0.3, 0.4) is 0 Å². The van der Waals surface area contributed by atoms with Gasteiger partial charge >= 0.3 is 6.43 Å². The number of benzene rings is 1. The van der Waals surface area contributed by atoms with Crippen LogP contribution in [0, 0.1) is 0 Å². The number of hydrogen-bond donors (Lipinski definition) is 0. The predicted octanol–water partition coefficient (Wildman–Crippen LogP) is 2.97. The molecule has 0 atom stereocenters. The van der Waals surface area contributed by atoms with E-state index < -0.39 is 12.3 Å². The molecule has 0 saturated heterocycles. The molecule has 0 spiro atoms. The van der Waals surface area contributed by atoms with Crippen LogP contribution in [-0.2, 0) is 0 Å². The number of aromatic nitrogens is 1. The Labute approximate surface area is 83.7 Å². The monoisotopic (exact) mass is 211 g/mol. The van der Waals surface area contributed by atoms with E-state index in [9.17, 15) is 13.6 Å². The van der Waals surface area contributed by atoms with Crippen molar-refractivity contribution >= 4 is 16.9 Å². The third-order valence-electron chi connectivity index (χ3n) is 2.00. The van der Waals surface area contributed by atoms with E-state index in [-0.39, 0.29) is 16.9 Å². The minimum Gasteiger partial charge on any atom is -0.435 e. The molecule has 0 fully saturated rings. The summed E-state index contributed by atoms with van der Waals surface area (Å²) >= 11 is 0. The van der Waals surface area contributed by atoms with Gasteiger partial charge in [-0.05, 0) is 25.1 Å². The fourth-order valence-corrected chi connectivity index (χ4v) is 1.26. The van der Waals surface area contributed by atoms with E-state index in [1.807, 2.05) is 0 Å². The zero-order chi connectivity index (χ0) is 11.0. The summed E-state index contributed by atoms with van der Waals surface area (Å²) in [5.74, 6) is -0.760.